The van der Waals surface area contributed by atoms with Gasteiger partial charge in [-0.05, 0) is 12.1 Å². The summed E-state index contributed by atoms with van der Waals surface area (Å²) in [5, 5.41) is 35.6. The van der Waals surface area contributed by atoms with Crippen molar-refractivity contribution >= 4 is 23.9 Å². The maximum atomic E-state index is 11.9. The summed E-state index contributed by atoms with van der Waals surface area (Å²) >= 11 is 0. The third-order valence-electron chi connectivity index (χ3n) is 2.77. The molecular formula is C14H14O10. The summed E-state index contributed by atoms with van der Waals surface area (Å²) in [4.78, 5) is 45.3. The van der Waals surface area contributed by atoms with Crippen molar-refractivity contribution in [2.75, 3.05) is 26.4 Å². The molecule has 0 aromatic heterocycles. The highest BCUT2D eigenvalue weighted by Crippen LogP contribution is 2.19. The van der Waals surface area contributed by atoms with Crippen molar-refractivity contribution in [2.45, 2.75) is 0 Å². The number of carboxylic acid groups (broad SMARTS) is 3. The Balaban J connectivity index is 3.13. The topological polar surface area (TPSA) is 168 Å². The standard InChI is InChI=1S/C14H14O10/c15-1-2-23-3-4-24-14(22)10-6-8(12(18)19)7(11(16)17)5-9(10)13(20)21/h5-6,15H,1-4H2,(H,16,17)(H,18,19)(H,20,21). The van der Waals surface area contributed by atoms with Gasteiger partial charge in [-0.2, -0.15) is 0 Å². The van der Waals surface area contributed by atoms with Crippen molar-refractivity contribution in [2.24, 2.45) is 0 Å². The zero-order valence-corrected chi connectivity index (χ0v) is 12.2. The average Bonchev–Trinajstić information content (AvgIpc) is 2.52. The number of aromatic carboxylic acids is 3. The van der Waals surface area contributed by atoms with E-state index in [1.165, 1.54) is 0 Å². The Morgan fingerprint density at radius 1 is 0.750 bits per heavy atom. The molecule has 0 bridgehead atoms. The first-order valence-corrected chi connectivity index (χ1v) is 6.53. The minimum Gasteiger partial charge on any atom is -0.478 e. The Morgan fingerprint density at radius 2 is 1.21 bits per heavy atom. The number of hydrogen-bond donors (Lipinski definition) is 4. The Kier molecular flexibility index (Phi) is 6.83. The van der Waals surface area contributed by atoms with Crippen molar-refractivity contribution in [3.8, 4) is 0 Å². The first kappa shape index (κ1) is 19.1. The summed E-state index contributed by atoms with van der Waals surface area (Å²) in [7, 11) is 0. The summed E-state index contributed by atoms with van der Waals surface area (Å²) in [6.07, 6.45) is 0. The summed E-state index contributed by atoms with van der Waals surface area (Å²) in [5.41, 5.74) is -2.79. The number of carboxylic acids is 3. The molecule has 0 saturated heterocycles. The van der Waals surface area contributed by atoms with Crippen LogP contribution in [0.15, 0.2) is 12.1 Å². The van der Waals surface area contributed by atoms with Gasteiger partial charge in [-0.15, -0.1) is 0 Å². The Morgan fingerprint density at radius 3 is 1.67 bits per heavy atom. The molecule has 10 nitrogen and oxygen atoms in total. The molecule has 0 fully saturated rings. The minimum absolute atomic E-state index is 0.0222. The smallest absolute Gasteiger partial charge is 0.339 e. The fraction of sp³-hybridized carbons (Fsp3) is 0.286. The monoisotopic (exact) mass is 342 g/mol. The number of aliphatic hydroxyl groups is 1. The summed E-state index contributed by atoms with van der Waals surface area (Å²) in [6.45, 7) is -0.529. The molecule has 0 atom stereocenters. The highest BCUT2D eigenvalue weighted by atomic mass is 16.6. The normalized spacial score (nSPS) is 10.2. The van der Waals surface area contributed by atoms with Gasteiger partial charge in [0, 0.05) is 0 Å². The van der Waals surface area contributed by atoms with Crippen LogP contribution in [0.5, 0.6) is 0 Å². The average molecular weight is 342 g/mol. The van der Waals surface area contributed by atoms with Gasteiger partial charge in [0.25, 0.3) is 0 Å². The second kappa shape index (κ2) is 8.60. The number of carbonyl (C=O) groups is 4. The molecule has 0 unspecified atom stereocenters. The van der Waals surface area contributed by atoms with Crippen LogP contribution in [0, 0.1) is 0 Å². The maximum Gasteiger partial charge on any atom is 0.339 e. The molecule has 0 radical (unpaired) electrons. The summed E-state index contributed by atoms with van der Waals surface area (Å²) in [5.74, 6) is -6.03. The lowest BCUT2D eigenvalue weighted by Gasteiger charge is -2.10. The van der Waals surface area contributed by atoms with Crippen molar-refractivity contribution in [1.29, 1.82) is 0 Å². The number of esters is 1. The van der Waals surface area contributed by atoms with Crippen LogP contribution in [0.4, 0.5) is 0 Å². The van der Waals surface area contributed by atoms with Crippen LogP contribution in [0.2, 0.25) is 0 Å². The zero-order valence-electron chi connectivity index (χ0n) is 12.2. The third kappa shape index (κ3) is 4.76. The van der Waals surface area contributed by atoms with E-state index in [-0.39, 0.29) is 26.4 Å². The maximum absolute atomic E-state index is 11.9. The number of benzene rings is 1. The van der Waals surface area contributed by atoms with Gasteiger partial charge in [0.2, 0.25) is 0 Å². The van der Waals surface area contributed by atoms with Crippen LogP contribution >= 0.6 is 0 Å². The molecule has 0 heterocycles. The predicted octanol–water partition coefficient (Wildman–Crippen LogP) is -0.0531. The van der Waals surface area contributed by atoms with Crippen molar-refractivity contribution in [3.05, 3.63) is 34.4 Å². The fourth-order valence-electron chi connectivity index (χ4n) is 1.74. The van der Waals surface area contributed by atoms with Gasteiger partial charge in [0.15, 0.2) is 0 Å². The van der Waals surface area contributed by atoms with Crippen LogP contribution in [0.1, 0.15) is 41.4 Å². The quantitative estimate of drug-likeness (QED) is 0.352. The second-order valence-electron chi connectivity index (χ2n) is 4.33. The van der Waals surface area contributed by atoms with E-state index in [0.717, 1.165) is 0 Å². The molecule has 24 heavy (non-hydrogen) atoms. The highest BCUT2D eigenvalue weighted by molar-refractivity contribution is 6.09. The first-order valence-electron chi connectivity index (χ1n) is 6.53. The molecule has 1 aromatic carbocycles. The number of carbonyl (C=O) groups excluding carboxylic acids is 1. The third-order valence-corrected chi connectivity index (χ3v) is 2.77. The van der Waals surface area contributed by atoms with Crippen LogP contribution in [-0.2, 0) is 9.47 Å². The molecule has 10 heteroatoms. The number of rotatable bonds is 9. The SMILES string of the molecule is O=C(O)c1cc(C(=O)O)c(C(=O)OCCOCCO)cc1C(=O)O. The largest absolute Gasteiger partial charge is 0.478 e. The number of hydrogen-bond acceptors (Lipinski definition) is 7. The van der Waals surface area contributed by atoms with Crippen molar-refractivity contribution < 1.29 is 49.1 Å². The predicted molar refractivity (Wildman–Crippen MR) is 75.5 cm³/mol. The molecule has 0 spiro atoms. The van der Waals surface area contributed by atoms with Crippen LogP contribution in [0.25, 0.3) is 0 Å². The van der Waals surface area contributed by atoms with Gasteiger partial charge >= 0.3 is 23.9 Å². The molecule has 0 aliphatic carbocycles. The summed E-state index contributed by atoms with van der Waals surface area (Å²) < 4.78 is 9.60. The van der Waals surface area contributed by atoms with Crippen LogP contribution in [-0.4, -0.2) is 70.7 Å². The second-order valence-corrected chi connectivity index (χ2v) is 4.33. The van der Waals surface area contributed by atoms with E-state index >= 15 is 0 Å². The zero-order chi connectivity index (χ0) is 18.3. The van der Waals surface area contributed by atoms with Gasteiger partial charge < -0.3 is 29.9 Å². The lowest BCUT2D eigenvalue weighted by atomic mass is 9.98. The van der Waals surface area contributed by atoms with Gasteiger partial charge in [-0.3, -0.25) is 0 Å². The van der Waals surface area contributed by atoms with E-state index in [2.05, 4.69) is 0 Å². The summed E-state index contributed by atoms with van der Waals surface area (Å²) in [6, 6.07) is 1.24. The molecule has 0 amide bonds. The van der Waals surface area contributed by atoms with Gasteiger partial charge in [-0.25, -0.2) is 19.2 Å². The number of ether oxygens (including phenoxy) is 2. The lowest BCUT2D eigenvalue weighted by molar-refractivity contribution is 0.0254. The van der Waals surface area contributed by atoms with E-state index in [4.69, 9.17) is 29.9 Å². The van der Waals surface area contributed by atoms with Crippen LogP contribution < -0.4 is 0 Å². The first-order chi connectivity index (χ1) is 11.3. The molecule has 130 valence electrons. The van der Waals surface area contributed by atoms with Crippen molar-refractivity contribution in [3.63, 3.8) is 0 Å². The van der Waals surface area contributed by atoms with Gasteiger partial charge in [0.1, 0.15) is 6.61 Å². The molecule has 0 aliphatic heterocycles. The fourth-order valence-corrected chi connectivity index (χ4v) is 1.74. The Hall–Kier alpha value is -2.98. The Labute approximate surface area is 134 Å². The van der Waals surface area contributed by atoms with E-state index in [9.17, 15) is 19.2 Å². The van der Waals surface area contributed by atoms with Gasteiger partial charge in [-0.1, -0.05) is 0 Å². The molecule has 0 aliphatic rings. The van der Waals surface area contributed by atoms with Crippen LogP contribution in [0.3, 0.4) is 0 Å². The molecule has 1 aromatic rings. The van der Waals surface area contributed by atoms with Crippen molar-refractivity contribution in [1.82, 2.24) is 0 Å². The molecule has 1 rings (SSSR count). The Bertz CT molecular complexity index is 664. The van der Waals surface area contributed by atoms with E-state index in [0.29, 0.717) is 12.1 Å². The molecular weight excluding hydrogens is 328 g/mol. The van der Waals surface area contributed by atoms with E-state index in [1.807, 2.05) is 0 Å². The van der Waals surface area contributed by atoms with Gasteiger partial charge in [0.05, 0.1) is 42.1 Å². The molecule has 0 saturated carbocycles. The lowest BCUT2D eigenvalue weighted by Crippen LogP contribution is -2.18. The minimum atomic E-state index is -1.65. The molecule has 4 N–H and O–H groups in total. The van der Waals surface area contributed by atoms with E-state index < -0.39 is 46.1 Å². The highest BCUT2D eigenvalue weighted by Gasteiger charge is 2.26. The van der Waals surface area contributed by atoms with E-state index in [1.54, 1.807) is 0 Å². The number of aliphatic hydroxyl groups excluding tert-OH is 1.